The smallest absolute Gasteiger partial charge is 0.203 e. The van der Waals surface area contributed by atoms with Gasteiger partial charge >= 0.3 is 0 Å². The van der Waals surface area contributed by atoms with E-state index >= 15 is 0 Å². The first-order chi connectivity index (χ1) is 7.83. The maximum absolute atomic E-state index is 5.58. The van der Waals surface area contributed by atoms with Crippen molar-refractivity contribution < 1.29 is 18.9 Å². The monoisotopic (exact) mass is 226 g/mol. The molecule has 1 rings (SSSR count). The Hall–Kier alpha value is -1.42. The van der Waals surface area contributed by atoms with Gasteiger partial charge in [-0.05, 0) is 19.1 Å². The molecule has 0 aliphatic carbocycles. The lowest BCUT2D eigenvalue weighted by Crippen LogP contribution is -2.07. The topological polar surface area (TPSA) is 36.9 Å². The fourth-order valence-corrected chi connectivity index (χ4v) is 1.31. The van der Waals surface area contributed by atoms with Crippen LogP contribution in [0.15, 0.2) is 18.2 Å². The van der Waals surface area contributed by atoms with Crippen LogP contribution in [0.3, 0.4) is 0 Å². The average molecular weight is 226 g/mol. The van der Waals surface area contributed by atoms with Gasteiger partial charge in [-0.25, -0.2) is 0 Å². The van der Waals surface area contributed by atoms with Crippen LogP contribution in [0.2, 0.25) is 0 Å². The van der Waals surface area contributed by atoms with Crippen LogP contribution in [0.25, 0.3) is 0 Å². The summed E-state index contributed by atoms with van der Waals surface area (Å²) in [6.45, 7) is 3.67. The highest BCUT2D eigenvalue weighted by Gasteiger charge is 2.10. The second-order valence-corrected chi connectivity index (χ2v) is 3.04. The lowest BCUT2D eigenvalue weighted by molar-refractivity contribution is 0.107. The van der Waals surface area contributed by atoms with Gasteiger partial charge in [0.25, 0.3) is 0 Å². The molecule has 0 radical (unpaired) electrons. The lowest BCUT2D eigenvalue weighted by Gasteiger charge is -2.13. The summed E-state index contributed by atoms with van der Waals surface area (Å²) >= 11 is 0. The molecule has 0 aliphatic rings. The molecule has 0 aromatic heterocycles. The van der Waals surface area contributed by atoms with Crippen molar-refractivity contribution in [1.82, 2.24) is 0 Å². The minimum absolute atomic E-state index is 0.477. The molecule has 0 spiro atoms. The molecule has 0 N–H and O–H groups in total. The van der Waals surface area contributed by atoms with Crippen molar-refractivity contribution >= 4 is 0 Å². The van der Waals surface area contributed by atoms with Crippen molar-refractivity contribution in [2.24, 2.45) is 0 Å². The van der Waals surface area contributed by atoms with Gasteiger partial charge in [-0.3, -0.25) is 0 Å². The standard InChI is InChI=1S/C12H18O4/c1-4-15-8-9-16-12-10(13-2)6-5-7-11(12)14-3/h5-7H,4,8-9H2,1-3H3. The van der Waals surface area contributed by atoms with Crippen LogP contribution in [0.4, 0.5) is 0 Å². The van der Waals surface area contributed by atoms with Gasteiger partial charge in [0.05, 0.1) is 20.8 Å². The Morgan fingerprint density at radius 3 is 2.12 bits per heavy atom. The first-order valence-electron chi connectivity index (χ1n) is 5.25. The normalized spacial score (nSPS) is 9.94. The molecular weight excluding hydrogens is 208 g/mol. The minimum Gasteiger partial charge on any atom is -0.493 e. The van der Waals surface area contributed by atoms with Crippen molar-refractivity contribution in [3.8, 4) is 17.2 Å². The first-order valence-corrected chi connectivity index (χ1v) is 5.25. The molecule has 1 aromatic rings. The van der Waals surface area contributed by atoms with Crippen LogP contribution >= 0.6 is 0 Å². The number of ether oxygens (including phenoxy) is 4. The van der Waals surface area contributed by atoms with Gasteiger partial charge in [0.1, 0.15) is 6.61 Å². The number of rotatable bonds is 7. The zero-order chi connectivity index (χ0) is 11.8. The molecule has 0 bridgehead atoms. The van der Waals surface area contributed by atoms with E-state index in [1.54, 1.807) is 14.2 Å². The van der Waals surface area contributed by atoms with Crippen molar-refractivity contribution in [3.63, 3.8) is 0 Å². The van der Waals surface area contributed by atoms with Crippen LogP contribution in [0.5, 0.6) is 17.2 Å². The Morgan fingerprint density at radius 2 is 1.62 bits per heavy atom. The molecule has 0 fully saturated rings. The summed E-state index contributed by atoms with van der Waals surface area (Å²) in [7, 11) is 3.20. The van der Waals surface area contributed by atoms with Crippen LogP contribution < -0.4 is 14.2 Å². The van der Waals surface area contributed by atoms with Crippen LogP contribution in [-0.4, -0.2) is 34.0 Å². The Bertz CT molecular complexity index is 290. The lowest BCUT2D eigenvalue weighted by atomic mass is 10.3. The van der Waals surface area contributed by atoms with Gasteiger partial charge in [0, 0.05) is 6.61 Å². The Morgan fingerprint density at radius 1 is 1.00 bits per heavy atom. The molecule has 0 aliphatic heterocycles. The third kappa shape index (κ3) is 3.31. The molecule has 90 valence electrons. The third-order valence-corrected chi connectivity index (χ3v) is 2.06. The fraction of sp³-hybridized carbons (Fsp3) is 0.500. The molecular formula is C12H18O4. The predicted octanol–water partition coefficient (Wildman–Crippen LogP) is 2.12. The van der Waals surface area contributed by atoms with Crippen molar-refractivity contribution in [1.29, 1.82) is 0 Å². The quantitative estimate of drug-likeness (QED) is 0.667. The molecule has 0 heterocycles. The highest BCUT2D eigenvalue weighted by atomic mass is 16.6. The van der Waals surface area contributed by atoms with Crippen molar-refractivity contribution in [2.75, 3.05) is 34.0 Å². The maximum Gasteiger partial charge on any atom is 0.203 e. The second-order valence-electron chi connectivity index (χ2n) is 3.04. The highest BCUT2D eigenvalue weighted by molar-refractivity contribution is 5.51. The molecule has 0 unspecified atom stereocenters. The molecule has 1 aromatic carbocycles. The zero-order valence-corrected chi connectivity index (χ0v) is 9.99. The third-order valence-electron chi connectivity index (χ3n) is 2.06. The Balaban J connectivity index is 2.67. The van der Waals surface area contributed by atoms with Gasteiger partial charge in [-0.15, -0.1) is 0 Å². The number of benzene rings is 1. The van der Waals surface area contributed by atoms with E-state index in [1.165, 1.54) is 0 Å². The van der Waals surface area contributed by atoms with Gasteiger partial charge in [0.2, 0.25) is 5.75 Å². The number of para-hydroxylation sites is 1. The summed E-state index contributed by atoms with van der Waals surface area (Å²) in [5, 5.41) is 0. The van der Waals surface area contributed by atoms with Gasteiger partial charge in [-0.1, -0.05) is 6.07 Å². The van der Waals surface area contributed by atoms with E-state index in [1.807, 2.05) is 25.1 Å². The van der Waals surface area contributed by atoms with Crippen molar-refractivity contribution in [2.45, 2.75) is 6.92 Å². The number of methoxy groups -OCH3 is 2. The SMILES string of the molecule is CCOCCOc1c(OC)cccc1OC. The molecule has 0 saturated carbocycles. The molecule has 0 saturated heterocycles. The summed E-state index contributed by atoms with van der Waals surface area (Å²) in [5.41, 5.74) is 0. The van der Waals surface area contributed by atoms with E-state index < -0.39 is 0 Å². The average Bonchev–Trinajstić information content (AvgIpc) is 2.34. The minimum atomic E-state index is 0.477. The summed E-state index contributed by atoms with van der Waals surface area (Å²) in [6.07, 6.45) is 0. The summed E-state index contributed by atoms with van der Waals surface area (Å²) in [5.74, 6) is 1.94. The molecule has 16 heavy (non-hydrogen) atoms. The van der Waals surface area contributed by atoms with Gasteiger partial charge in [-0.2, -0.15) is 0 Å². The van der Waals surface area contributed by atoms with E-state index in [9.17, 15) is 0 Å². The predicted molar refractivity (Wildman–Crippen MR) is 61.5 cm³/mol. The second kappa shape index (κ2) is 6.95. The fourth-order valence-electron chi connectivity index (χ4n) is 1.31. The van der Waals surface area contributed by atoms with E-state index in [4.69, 9.17) is 18.9 Å². The zero-order valence-electron chi connectivity index (χ0n) is 9.99. The van der Waals surface area contributed by atoms with Gasteiger partial charge < -0.3 is 18.9 Å². The molecule has 4 heteroatoms. The Kier molecular flexibility index (Phi) is 5.50. The van der Waals surface area contributed by atoms with Crippen LogP contribution in [0.1, 0.15) is 6.92 Å². The van der Waals surface area contributed by atoms with Crippen LogP contribution in [0, 0.1) is 0 Å². The van der Waals surface area contributed by atoms with E-state index in [2.05, 4.69) is 0 Å². The van der Waals surface area contributed by atoms with E-state index in [0.29, 0.717) is 37.1 Å². The molecule has 0 atom stereocenters. The first kappa shape index (κ1) is 12.6. The van der Waals surface area contributed by atoms with Crippen molar-refractivity contribution in [3.05, 3.63) is 18.2 Å². The maximum atomic E-state index is 5.58. The summed E-state index contributed by atoms with van der Waals surface area (Å²) in [4.78, 5) is 0. The van der Waals surface area contributed by atoms with E-state index in [-0.39, 0.29) is 0 Å². The molecule has 0 amide bonds. The summed E-state index contributed by atoms with van der Waals surface area (Å²) in [6, 6.07) is 5.52. The summed E-state index contributed by atoms with van der Waals surface area (Å²) < 4.78 is 21.2. The van der Waals surface area contributed by atoms with Gasteiger partial charge in [0.15, 0.2) is 11.5 Å². The Labute approximate surface area is 96.1 Å². The number of hydrogen-bond donors (Lipinski definition) is 0. The molecule has 4 nitrogen and oxygen atoms in total. The van der Waals surface area contributed by atoms with Crippen LogP contribution in [-0.2, 0) is 4.74 Å². The highest BCUT2D eigenvalue weighted by Crippen LogP contribution is 2.36. The number of hydrogen-bond acceptors (Lipinski definition) is 4. The largest absolute Gasteiger partial charge is 0.493 e. The van der Waals surface area contributed by atoms with E-state index in [0.717, 1.165) is 0 Å².